The molecule has 1 rings (SSSR count). The van der Waals surface area contributed by atoms with Gasteiger partial charge in [-0.1, -0.05) is 12.2 Å². The van der Waals surface area contributed by atoms with E-state index >= 15 is 0 Å². The van der Waals surface area contributed by atoms with Gasteiger partial charge in [0.2, 0.25) is 0 Å². The first-order chi connectivity index (χ1) is 4.49. The summed E-state index contributed by atoms with van der Waals surface area (Å²) in [7, 11) is 0. The van der Waals surface area contributed by atoms with Gasteiger partial charge >= 0.3 is 0 Å². The van der Waals surface area contributed by atoms with Crippen molar-refractivity contribution < 1.29 is 0 Å². The van der Waals surface area contributed by atoms with Crippen molar-refractivity contribution >= 4 is 17.2 Å². The van der Waals surface area contributed by atoms with Crippen molar-refractivity contribution in [3.05, 3.63) is 11.8 Å². The van der Waals surface area contributed by atoms with Crippen LogP contribution in [-0.4, -0.2) is 10.5 Å². The first-order valence-corrected chi connectivity index (χ1v) is 3.69. The Morgan fingerprint density at radius 3 is 2.70 bits per heavy atom. The van der Waals surface area contributed by atoms with Gasteiger partial charge in [-0.3, -0.25) is 0 Å². The van der Waals surface area contributed by atoms with E-state index in [2.05, 4.69) is 19.2 Å². The predicted molar refractivity (Wildman–Crippen MR) is 46.7 cm³/mol. The highest BCUT2D eigenvalue weighted by atomic mass is 32.1. The smallest absolute Gasteiger partial charge is 0.101 e. The van der Waals surface area contributed by atoms with Crippen LogP contribution in [0.25, 0.3) is 0 Å². The highest BCUT2D eigenvalue weighted by molar-refractivity contribution is 7.80. The predicted octanol–water partition coefficient (Wildman–Crippen LogP) is 0.928. The Morgan fingerprint density at radius 2 is 2.30 bits per heavy atom. The van der Waals surface area contributed by atoms with E-state index in [4.69, 9.17) is 18.0 Å². The number of nitrogens with two attached hydrogens (primary N) is 1. The maximum absolute atomic E-state index is 5.63. The fourth-order valence-electron chi connectivity index (χ4n) is 1.14. The highest BCUT2D eigenvalue weighted by Crippen LogP contribution is 2.16. The van der Waals surface area contributed by atoms with E-state index < -0.39 is 0 Å². The average Bonchev–Trinajstić information content (AvgIpc) is 1.54. The Labute approximate surface area is 66.5 Å². The molecule has 0 amide bonds. The van der Waals surface area contributed by atoms with Crippen molar-refractivity contribution in [1.82, 2.24) is 5.32 Å². The summed E-state index contributed by atoms with van der Waals surface area (Å²) in [5.41, 5.74) is 6.54. The second kappa shape index (κ2) is 2.23. The third kappa shape index (κ3) is 1.70. The van der Waals surface area contributed by atoms with Gasteiger partial charge < -0.3 is 11.1 Å². The van der Waals surface area contributed by atoms with Gasteiger partial charge in [-0.25, -0.2) is 0 Å². The molecule has 3 N–H and O–H groups in total. The average molecular weight is 156 g/mol. The summed E-state index contributed by atoms with van der Waals surface area (Å²) in [5, 5.41) is 3.16. The number of thiocarbonyl (C=S) groups is 1. The lowest BCUT2D eigenvalue weighted by atomic mass is 9.95. The number of hydrogen-bond donors (Lipinski definition) is 2. The van der Waals surface area contributed by atoms with E-state index in [1.807, 2.05) is 0 Å². The molecule has 0 aliphatic carbocycles. The number of nitrogens with one attached hydrogen (secondary N) is 1. The summed E-state index contributed by atoms with van der Waals surface area (Å²) in [6, 6.07) is 0. The molecule has 0 spiro atoms. The molecule has 0 bridgehead atoms. The summed E-state index contributed by atoms with van der Waals surface area (Å²) in [5.74, 6) is 0. The molecule has 0 aromatic rings. The van der Waals surface area contributed by atoms with Crippen molar-refractivity contribution in [2.24, 2.45) is 5.73 Å². The van der Waals surface area contributed by atoms with Gasteiger partial charge in [-0.15, -0.1) is 0 Å². The lowest BCUT2D eigenvalue weighted by Crippen LogP contribution is -2.46. The van der Waals surface area contributed by atoms with E-state index in [-0.39, 0.29) is 5.54 Å². The Balaban J connectivity index is 2.80. The molecule has 0 saturated carbocycles. The molecule has 0 radical (unpaired) electrons. The van der Waals surface area contributed by atoms with Crippen LogP contribution in [0.5, 0.6) is 0 Å². The third-order valence-electron chi connectivity index (χ3n) is 1.42. The van der Waals surface area contributed by atoms with Gasteiger partial charge in [0.25, 0.3) is 0 Å². The largest absolute Gasteiger partial charge is 0.402 e. The van der Waals surface area contributed by atoms with Crippen molar-refractivity contribution in [3.8, 4) is 0 Å². The minimum absolute atomic E-state index is 0.0376. The van der Waals surface area contributed by atoms with Gasteiger partial charge in [0, 0.05) is 17.7 Å². The first-order valence-electron chi connectivity index (χ1n) is 3.28. The normalized spacial score (nSPS) is 23.4. The van der Waals surface area contributed by atoms with E-state index in [1.165, 1.54) is 0 Å². The topological polar surface area (TPSA) is 38.0 Å². The third-order valence-corrected chi connectivity index (χ3v) is 1.64. The van der Waals surface area contributed by atoms with E-state index in [0.29, 0.717) is 0 Å². The summed E-state index contributed by atoms with van der Waals surface area (Å²) < 4.78 is 0. The Hall–Kier alpha value is -0.570. The van der Waals surface area contributed by atoms with Crippen LogP contribution in [0, 0.1) is 0 Å². The molecular formula is C7H12N2S. The first kappa shape index (κ1) is 7.54. The molecule has 10 heavy (non-hydrogen) atoms. The van der Waals surface area contributed by atoms with Crippen LogP contribution < -0.4 is 11.1 Å². The molecule has 0 aromatic carbocycles. The van der Waals surface area contributed by atoms with Gasteiger partial charge in [0.1, 0.15) is 4.99 Å². The van der Waals surface area contributed by atoms with Crippen LogP contribution in [0.1, 0.15) is 20.3 Å². The Kier molecular flexibility index (Phi) is 1.68. The molecule has 0 atom stereocenters. The SMILES string of the molecule is CC1(C)CC(N)=CC(=S)N1. The van der Waals surface area contributed by atoms with Crippen LogP contribution in [0.2, 0.25) is 0 Å². The number of hydrogen-bond acceptors (Lipinski definition) is 2. The molecule has 0 saturated heterocycles. The molecule has 3 heteroatoms. The van der Waals surface area contributed by atoms with Crippen molar-refractivity contribution in [3.63, 3.8) is 0 Å². The maximum Gasteiger partial charge on any atom is 0.101 e. The second-order valence-corrected chi connectivity index (χ2v) is 3.71. The quantitative estimate of drug-likeness (QED) is 0.512. The van der Waals surface area contributed by atoms with E-state index in [9.17, 15) is 0 Å². The van der Waals surface area contributed by atoms with Crippen LogP contribution >= 0.6 is 12.2 Å². The van der Waals surface area contributed by atoms with Crippen molar-refractivity contribution in [1.29, 1.82) is 0 Å². The summed E-state index contributed by atoms with van der Waals surface area (Å²) in [6.07, 6.45) is 2.67. The van der Waals surface area contributed by atoms with Gasteiger partial charge in [0.15, 0.2) is 0 Å². The molecule has 1 heterocycles. The maximum atomic E-state index is 5.63. The zero-order valence-electron chi connectivity index (χ0n) is 6.27. The van der Waals surface area contributed by atoms with Crippen LogP contribution in [0.4, 0.5) is 0 Å². The molecule has 2 nitrogen and oxygen atoms in total. The van der Waals surface area contributed by atoms with Crippen molar-refractivity contribution in [2.75, 3.05) is 0 Å². The summed E-state index contributed by atoms with van der Waals surface area (Å²) >= 11 is 4.96. The molecule has 1 aliphatic rings. The van der Waals surface area contributed by atoms with Gasteiger partial charge in [-0.05, 0) is 19.9 Å². The minimum Gasteiger partial charge on any atom is -0.402 e. The number of rotatable bonds is 0. The van der Waals surface area contributed by atoms with E-state index in [0.717, 1.165) is 17.1 Å². The van der Waals surface area contributed by atoms with Crippen LogP contribution in [-0.2, 0) is 0 Å². The second-order valence-electron chi connectivity index (χ2n) is 3.27. The molecule has 1 aliphatic heterocycles. The fourth-order valence-corrected chi connectivity index (χ4v) is 1.57. The zero-order chi connectivity index (χ0) is 7.78. The Bertz CT molecular complexity index is 194. The van der Waals surface area contributed by atoms with Crippen molar-refractivity contribution in [2.45, 2.75) is 25.8 Å². The lowest BCUT2D eigenvalue weighted by Gasteiger charge is -2.30. The summed E-state index contributed by atoms with van der Waals surface area (Å²) in [6.45, 7) is 4.16. The molecule has 0 fully saturated rings. The fraction of sp³-hybridized carbons (Fsp3) is 0.571. The standard InChI is InChI=1S/C7H12N2S/c1-7(2)4-5(8)3-6(10)9-7/h3H,4,8H2,1-2H3,(H,9,10). The van der Waals surface area contributed by atoms with Crippen LogP contribution in [0.3, 0.4) is 0 Å². The van der Waals surface area contributed by atoms with Gasteiger partial charge in [-0.2, -0.15) is 0 Å². The molecule has 56 valence electrons. The highest BCUT2D eigenvalue weighted by Gasteiger charge is 2.22. The molecule has 0 aromatic heterocycles. The minimum atomic E-state index is 0.0376. The Morgan fingerprint density at radius 1 is 1.70 bits per heavy atom. The molecule has 0 unspecified atom stereocenters. The van der Waals surface area contributed by atoms with Gasteiger partial charge in [0.05, 0.1) is 0 Å². The zero-order valence-corrected chi connectivity index (χ0v) is 7.09. The molecular weight excluding hydrogens is 144 g/mol. The van der Waals surface area contributed by atoms with Crippen LogP contribution in [0.15, 0.2) is 11.8 Å². The lowest BCUT2D eigenvalue weighted by molar-refractivity contribution is 0.450. The summed E-state index contributed by atoms with van der Waals surface area (Å²) in [4.78, 5) is 0.744. The monoisotopic (exact) mass is 156 g/mol. The van der Waals surface area contributed by atoms with E-state index in [1.54, 1.807) is 6.08 Å².